The van der Waals surface area contributed by atoms with Crippen LogP contribution in [0, 0.1) is 0 Å². The van der Waals surface area contributed by atoms with E-state index in [-0.39, 0.29) is 12.5 Å². The van der Waals surface area contributed by atoms with Crippen molar-refractivity contribution < 1.29 is 17.9 Å². The van der Waals surface area contributed by atoms with Crippen molar-refractivity contribution in [3.05, 3.63) is 47.8 Å². The van der Waals surface area contributed by atoms with Gasteiger partial charge in [-0.3, -0.25) is 4.90 Å². The molecule has 0 saturated carbocycles. The van der Waals surface area contributed by atoms with Gasteiger partial charge in [-0.15, -0.1) is 0 Å². The van der Waals surface area contributed by atoms with Gasteiger partial charge in [0.1, 0.15) is 0 Å². The SMILES string of the molecule is CC(c1ccc(-c2nccc(CCC(F)(F)F)n2)cc1)N1CCOCC1. The zero-order valence-electron chi connectivity index (χ0n) is 14.7. The first-order chi connectivity index (χ1) is 12.4. The van der Waals surface area contributed by atoms with Crippen molar-refractivity contribution in [3.63, 3.8) is 0 Å². The molecule has 1 aromatic carbocycles. The Bertz CT molecular complexity index is 713. The van der Waals surface area contributed by atoms with Crippen LogP contribution in [0.25, 0.3) is 11.4 Å². The lowest BCUT2D eigenvalue weighted by Gasteiger charge is -2.32. The number of ether oxygens (including phenoxy) is 1. The maximum atomic E-state index is 12.4. The maximum Gasteiger partial charge on any atom is 0.389 e. The lowest BCUT2D eigenvalue weighted by molar-refractivity contribution is -0.134. The average molecular weight is 365 g/mol. The number of hydrogen-bond acceptors (Lipinski definition) is 4. The molecule has 1 atom stereocenters. The minimum absolute atomic E-state index is 0.134. The third kappa shape index (κ3) is 5.02. The van der Waals surface area contributed by atoms with E-state index >= 15 is 0 Å². The molecule has 1 saturated heterocycles. The fraction of sp³-hybridized carbons (Fsp3) is 0.474. The Balaban J connectivity index is 1.70. The molecule has 0 N–H and O–H groups in total. The topological polar surface area (TPSA) is 38.2 Å². The van der Waals surface area contributed by atoms with Gasteiger partial charge in [-0.25, -0.2) is 9.97 Å². The van der Waals surface area contributed by atoms with E-state index in [4.69, 9.17) is 4.74 Å². The number of nitrogens with zero attached hydrogens (tertiary/aromatic N) is 3. The normalized spacial score (nSPS) is 17.2. The van der Waals surface area contributed by atoms with Gasteiger partial charge in [0.15, 0.2) is 5.82 Å². The molecular formula is C19H22F3N3O. The fourth-order valence-corrected chi connectivity index (χ4v) is 3.03. The molecule has 3 rings (SSSR count). The molecule has 0 amide bonds. The Labute approximate surface area is 151 Å². The summed E-state index contributed by atoms with van der Waals surface area (Å²) in [6.45, 7) is 5.48. The Morgan fingerprint density at radius 1 is 1.12 bits per heavy atom. The van der Waals surface area contributed by atoms with Crippen LogP contribution in [0.5, 0.6) is 0 Å². The first kappa shape index (κ1) is 18.8. The van der Waals surface area contributed by atoms with E-state index in [0.717, 1.165) is 31.9 Å². The molecule has 1 aromatic heterocycles. The number of benzene rings is 1. The maximum absolute atomic E-state index is 12.4. The van der Waals surface area contributed by atoms with E-state index in [1.54, 1.807) is 0 Å². The van der Waals surface area contributed by atoms with Gasteiger partial charge in [0.05, 0.1) is 13.2 Å². The van der Waals surface area contributed by atoms with Gasteiger partial charge >= 0.3 is 6.18 Å². The molecule has 1 fully saturated rings. The lowest BCUT2D eigenvalue weighted by atomic mass is 10.0. The molecule has 140 valence electrons. The summed E-state index contributed by atoms with van der Waals surface area (Å²) in [5.41, 5.74) is 2.39. The van der Waals surface area contributed by atoms with Crippen LogP contribution < -0.4 is 0 Å². The second-order valence-corrected chi connectivity index (χ2v) is 6.43. The molecule has 0 bridgehead atoms. The molecule has 4 nitrogen and oxygen atoms in total. The van der Waals surface area contributed by atoms with Gasteiger partial charge in [-0.05, 0) is 25.0 Å². The zero-order valence-corrected chi connectivity index (χ0v) is 14.7. The predicted octanol–water partition coefficient (Wildman–Crippen LogP) is 4.03. The number of hydrogen-bond donors (Lipinski definition) is 0. The number of aryl methyl sites for hydroxylation is 1. The average Bonchev–Trinajstić information content (AvgIpc) is 2.66. The second-order valence-electron chi connectivity index (χ2n) is 6.43. The first-order valence-electron chi connectivity index (χ1n) is 8.73. The van der Waals surface area contributed by atoms with Crippen molar-refractivity contribution in [3.8, 4) is 11.4 Å². The number of alkyl halides is 3. The number of morpholine rings is 1. The highest BCUT2D eigenvalue weighted by Crippen LogP contribution is 2.25. The van der Waals surface area contributed by atoms with Gasteiger partial charge < -0.3 is 4.74 Å². The van der Waals surface area contributed by atoms with Crippen molar-refractivity contribution in [1.82, 2.24) is 14.9 Å². The highest BCUT2D eigenvalue weighted by molar-refractivity contribution is 5.55. The summed E-state index contributed by atoms with van der Waals surface area (Å²) >= 11 is 0. The van der Waals surface area contributed by atoms with Crippen LogP contribution in [-0.4, -0.2) is 47.3 Å². The summed E-state index contributed by atoms with van der Waals surface area (Å²) in [6, 6.07) is 9.73. The molecule has 1 unspecified atom stereocenters. The molecule has 2 heterocycles. The Morgan fingerprint density at radius 3 is 2.46 bits per heavy atom. The van der Waals surface area contributed by atoms with Gasteiger partial charge in [0, 0.05) is 43.0 Å². The number of aromatic nitrogens is 2. The summed E-state index contributed by atoms with van der Waals surface area (Å²) < 4.78 is 42.5. The molecule has 2 aromatic rings. The molecule has 0 radical (unpaired) electrons. The predicted molar refractivity (Wildman–Crippen MR) is 92.7 cm³/mol. The van der Waals surface area contributed by atoms with Crippen molar-refractivity contribution in [2.24, 2.45) is 0 Å². The quantitative estimate of drug-likeness (QED) is 0.802. The molecule has 1 aliphatic rings. The Hall–Kier alpha value is -1.99. The summed E-state index contributed by atoms with van der Waals surface area (Å²) in [5.74, 6) is 0.454. The van der Waals surface area contributed by atoms with Crippen LogP contribution in [0.15, 0.2) is 36.5 Å². The smallest absolute Gasteiger partial charge is 0.379 e. The molecule has 1 aliphatic heterocycles. The van der Waals surface area contributed by atoms with E-state index in [2.05, 4.69) is 21.8 Å². The van der Waals surface area contributed by atoms with Gasteiger partial charge in [0.2, 0.25) is 0 Å². The van der Waals surface area contributed by atoms with E-state index in [9.17, 15) is 13.2 Å². The monoisotopic (exact) mass is 365 g/mol. The minimum atomic E-state index is -4.18. The Morgan fingerprint density at radius 2 is 1.81 bits per heavy atom. The number of halogens is 3. The fourth-order valence-electron chi connectivity index (χ4n) is 3.03. The van der Waals surface area contributed by atoms with Crippen molar-refractivity contribution >= 4 is 0 Å². The van der Waals surface area contributed by atoms with Crippen LogP contribution in [0.3, 0.4) is 0 Å². The zero-order chi connectivity index (χ0) is 18.6. The molecule has 7 heteroatoms. The number of rotatable bonds is 5. The van der Waals surface area contributed by atoms with Crippen molar-refractivity contribution in [2.75, 3.05) is 26.3 Å². The highest BCUT2D eigenvalue weighted by Gasteiger charge is 2.26. The van der Waals surface area contributed by atoms with Gasteiger partial charge in [0.25, 0.3) is 0 Å². The van der Waals surface area contributed by atoms with Crippen molar-refractivity contribution in [1.29, 1.82) is 0 Å². The van der Waals surface area contributed by atoms with Gasteiger partial charge in [-0.2, -0.15) is 13.2 Å². The molecule has 26 heavy (non-hydrogen) atoms. The Kier molecular flexibility index (Phi) is 5.88. The van der Waals surface area contributed by atoms with Crippen LogP contribution in [-0.2, 0) is 11.2 Å². The lowest BCUT2D eigenvalue weighted by Crippen LogP contribution is -2.37. The summed E-state index contributed by atoms with van der Waals surface area (Å²) in [4.78, 5) is 10.8. The first-order valence-corrected chi connectivity index (χ1v) is 8.73. The van der Waals surface area contributed by atoms with Crippen molar-refractivity contribution in [2.45, 2.75) is 32.0 Å². The third-order valence-corrected chi connectivity index (χ3v) is 4.62. The summed E-state index contributed by atoms with van der Waals surface area (Å²) in [7, 11) is 0. The van der Waals surface area contributed by atoms with E-state index in [1.807, 2.05) is 24.3 Å². The molecule has 0 aliphatic carbocycles. The minimum Gasteiger partial charge on any atom is -0.379 e. The van der Waals surface area contributed by atoms with E-state index < -0.39 is 12.6 Å². The largest absolute Gasteiger partial charge is 0.389 e. The molecular weight excluding hydrogens is 343 g/mol. The third-order valence-electron chi connectivity index (χ3n) is 4.62. The highest BCUT2D eigenvalue weighted by atomic mass is 19.4. The summed E-state index contributed by atoms with van der Waals surface area (Å²) in [6.07, 6.45) is -3.68. The van der Waals surface area contributed by atoms with E-state index in [1.165, 1.54) is 17.8 Å². The van der Waals surface area contributed by atoms with E-state index in [0.29, 0.717) is 11.5 Å². The molecule has 0 spiro atoms. The second kappa shape index (κ2) is 8.14. The van der Waals surface area contributed by atoms with Gasteiger partial charge in [-0.1, -0.05) is 24.3 Å². The standard InChI is InChI=1S/C19H22F3N3O/c1-14(25-10-12-26-13-11-25)15-2-4-16(5-3-15)18-23-9-7-17(24-18)6-8-19(20,21)22/h2-5,7,9,14H,6,8,10-13H2,1H3. The van der Waals surface area contributed by atoms with Crippen LogP contribution in [0.2, 0.25) is 0 Å². The van der Waals surface area contributed by atoms with Crippen LogP contribution >= 0.6 is 0 Å². The van der Waals surface area contributed by atoms with Crippen LogP contribution in [0.1, 0.15) is 30.6 Å². The summed E-state index contributed by atoms with van der Waals surface area (Å²) in [5, 5.41) is 0. The van der Waals surface area contributed by atoms with Crippen LogP contribution in [0.4, 0.5) is 13.2 Å².